The fraction of sp³-hybridized carbons (Fsp3) is 0.0545. The molecule has 1 aliphatic carbocycles. The van der Waals surface area contributed by atoms with Crippen LogP contribution in [-0.2, 0) is 5.41 Å². The number of benzene rings is 9. The van der Waals surface area contributed by atoms with Crippen LogP contribution in [0.4, 0.5) is 17.1 Å². The molecule has 11 rings (SSSR count). The Morgan fingerprint density at radius 1 is 0.368 bits per heavy atom. The number of hydrogen-bond donors (Lipinski definition) is 0. The maximum Gasteiger partial charge on any atom is 0.0476 e. The summed E-state index contributed by atoms with van der Waals surface area (Å²) in [6.07, 6.45) is 0. The molecule has 0 fully saturated rings. The normalized spacial score (nSPS) is 12.9. The summed E-state index contributed by atoms with van der Waals surface area (Å²) in [6.45, 7) is 4.76. The van der Waals surface area contributed by atoms with E-state index in [1.807, 2.05) is 11.3 Å². The molecule has 9 aromatic carbocycles. The van der Waals surface area contributed by atoms with Crippen molar-refractivity contribution in [3.05, 3.63) is 211 Å². The Balaban J connectivity index is 1.08. The number of rotatable bonds is 6. The minimum atomic E-state index is -0.166. The van der Waals surface area contributed by atoms with Crippen LogP contribution in [0.25, 0.3) is 75.5 Å². The van der Waals surface area contributed by atoms with Crippen molar-refractivity contribution in [2.24, 2.45) is 0 Å². The van der Waals surface area contributed by atoms with Crippen LogP contribution >= 0.6 is 11.3 Å². The van der Waals surface area contributed by atoms with Crippen LogP contribution < -0.4 is 4.90 Å². The molecule has 0 saturated heterocycles. The van der Waals surface area contributed by atoms with Crippen LogP contribution in [0.2, 0.25) is 0 Å². The molecule has 0 N–H and O–H groups in total. The third kappa shape index (κ3) is 5.51. The van der Waals surface area contributed by atoms with Crippen LogP contribution in [0.5, 0.6) is 0 Å². The topological polar surface area (TPSA) is 3.24 Å². The first kappa shape index (κ1) is 33.6. The largest absolute Gasteiger partial charge is 0.310 e. The lowest BCUT2D eigenvalue weighted by atomic mass is 9.81. The predicted molar refractivity (Wildman–Crippen MR) is 245 cm³/mol. The van der Waals surface area contributed by atoms with Crippen molar-refractivity contribution in [3.63, 3.8) is 0 Å². The number of thiophene rings is 1. The maximum atomic E-state index is 2.45. The summed E-state index contributed by atoms with van der Waals surface area (Å²) in [5.74, 6) is 0. The fourth-order valence-corrected chi connectivity index (χ4v) is 10.3. The third-order valence-electron chi connectivity index (χ3n) is 12.1. The first-order chi connectivity index (χ1) is 28.0. The molecule has 10 aromatic rings. The van der Waals surface area contributed by atoms with Crippen molar-refractivity contribution in [1.82, 2.24) is 0 Å². The molecule has 0 unspecified atom stereocenters. The molecule has 1 aliphatic rings. The van der Waals surface area contributed by atoms with Gasteiger partial charge in [0.15, 0.2) is 0 Å². The van der Waals surface area contributed by atoms with Gasteiger partial charge in [0, 0.05) is 42.6 Å². The van der Waals surface area contributed by atoms with E-state index in [9.17, 15) is 0 Å². The number of anilines is 3. The molecule has 0 saturated carbocycles. The highest BCUT2D eigenvalue weighted by Crippen LogP contribution is 2.54. The van der Waals surface area contributed by atoms with Gasteiger partial charge in [0.2, 0.25) is 0 Å². The molecule has 2 heteroatoms. The van der Waals surface area contributed by atoms with Gasteiger partial charge in [-0.15, -0.1) is 11.3 Å². The zero-order chi connectivity index (χ0) is 38.1. The SMILES string of the molecule is CC1(C)c2cc(N(c3ccc(-c4cc5ccccc5cc4-c4ccccc4)cc3)c3ccc4c(c3)sc3ccccc34)ccc2-c2c(-c3ccccc3)cccc21. The Kier molecular flexibility index (Phi) is 7.77. The third-order valence-corrected chi connectivity index (χ3v) is 13.2. The summed E-state index contributed by atoms with van der Waals surface area (Å²) in [6, 6.07) is 73.9. The summed E-state index contributed by atoms with van der Waals surface area (Å²) in [7, 11) is 0. The summed E-state index contributed by atoms with van der Waals surface area (Å²) in [4.78, 5) is 2.45. The molecule has 0 spiro atoms. The van der Waals surface area contributed by atoms with Gasteiger partial charge in [0.05, 0.1) is 0 Å². The standard InChI is InChI=1S/C55H39NS/c1-55(2)50-22-13-21-44(36-14-5-3-6-15-36)54(50)47-31-29-42(34-51(47)55)56(43-28-30-46-45-20-11-12-23-52(45)57-53(46)35-43)41-26-24-38(25-27-41)49-33-40-19-10-9-18-39(40)32-48(49)37-16-7-4-8-17-37/h3-35H,1-2H3. The molecular formula is C55H39NS. The van der Waals surface area contributed by atoms with E-state index in [1.165, 1.54) is 86.6 Å². The quantitative estimate of drug-likeness (QED) is 0.164. The number of hydrogen-bond acceptors (Lipinski definition) is 2. The molecule has 0 aliphatic heterocycles. The lowest BCUT2D eigenvalue weighted by Crippen LogP contribution is -2.16. The Hall–Kier alpha value is -6.74. The predicted octanol–water partition coefficient (Wildman–Crippen LogP) is 16.0. The second-order valence-electron chi connectivity index (χ2n) is 15.7. The average Bonchev–Trinajstić information content (AvgIpc) is 3.75. The van der Waals surface area contributed by atoms with Gasteiger partial charge in [-0.25, -0.2) is 0 Å². The van der Waals surface area contributed by atoms with E-state index in [0.29, 0.717) is 0 Å². The van der Waals surface area contributed by atoms with E-state index in [2.05, 4.69) is 219 Å². The minimum absolute atomic E-state index is 0.166. The highest BCUT2D eigenvalue weighted by atomic mass is 32.1. The molecule has 270 valence electrons. The zero-order valence-electron chi connectivity index (χ0n) is 31.9. The number of nitrogens with zero attached hydrogens (tertiary/aromatic N) is 1. The van der Waals surface area contributed by atoms with Gasteiger partial charge in [0.25, 0.3) is 0 Å². The summed E-state index contributed by atoms with van der Waals surface area (Å²) < 4.78 is 2.61. The molecule has 0 atom stereocenters. The highest BCUT2D eigenvalue weighted by molar-refractivity contribution is 7.25. The van der Waals surface area contributed by atoms with Gasteiger partial charge in [-0.05, 0) is 121 Å². The van der Waals surface area contributed by atoms with Crippen LogP contribution in [0.3, 0.4) is 0 Å². The zero-order valence-corrected chi connectivity index (χ0v) is 32.7. The Labute approximate surface area is 337 Å². The molecule has 1 heterocycles. The second kappa shape index (κ2) is 13.2. The van der Waals surface area contributed by atoms with Crippen molar-refractivity contribution < 1.29 is 0 Å². The van der Waals surface area contributed by atoms with E-state index in [4.69, 9.17) is 0 Å². The first-order valence-electron chi connectivity index (χ1n) is 19.8. The van der Waals surface area contributed by atoms with E-state index in [-0.39, 0.29) is 5.41 Å². The van der Waals surface area contributed by atoms with E-state index < -0.39 is 0 Å². The van der Waals surface area contributed by atoms with E-state index in [1.54, 1.807) is 0 Å². The highest BCUT2D eigenvalue weighted by Gasteiger charge is 2.37. The molecule has 0 bridgehead atoms. The van der Waals surface area contributed by atoms with Gasteiger partial charge < -0.3 is 4.90 Å². The molecule has 0 amide bonds. The van der Waals surface area contributed by atoms with E-state index >= 15 is 0 Å². The van der Waals surface area contributed by atoms with Crippen molar-refractivity contribution in [3.8, 4) is 44.5 Å². The molecule has 57 heavy (non-hydrogen) atoms. The summed E-state index contributed by atoms with van der Waals surface area (Å²) in [5.41, 5.74) is 16.1. The van der Waals surface area contributed by atoms with Crippen LogP contribution in [-0.4, -0.2) is 0 Å². The van der Waals surface area contributed by atoms with Crippen molar-refractivity contribution in [2.75, 3.05) is 4.90 Å². The Morgan fingerprint density at radius 3 is 1.65 bits per heavy atom. The average molecular weight is 746 g/mol. The van der Waals surface area contributed by atoms with Crippen LogP contribution in [0, 0.1) is 0 Å². The van der Waals surface area contributed by atoms with Gasteiger partial charge in [-0.3, -0.25) is 0 Å². The first-order valence-corrected chi connectivity index (χ1v) is 20.6. The molecule has 1 nitrogen and oxygen atoms in total. The monoisotopic (exact) mass is 745 g/mol. The minimum Gasteiger partial charge on any atom is -0.310 e. The van der Waals surface area contributed by atoms with Gasteiger partial charge in [0.1, 0.15) is 0 Å². The number of fused-ring (bicyclic) bond motifs is 7. The van der Waals surface area contributed by atoms with Gasteiger partial charge >= 0.3 is 0 Å². The lowest BCUT2D eigenvalue weighted by Gasteiger charge is -2.28. The van der Waals surface area contributed by atoms with Crippen LogP contribution in [0.15, 0.2) is 200 Å². The van der Waals surface area contributed by atoms with Gasteiger partial charge in [-0.2, -0.15) is 0 Å². The van der Waals surface area contributed by atoms with Gasteiger partial charge in [-0.1, -0.05) is 159 Å². The molecule has 1 aromatic heterocycles. The second-order valence-corrected chi connectivity index (χ2v) is 16.8. The smallest absolute Gasteiger partial charge is 0.0476 e. The summed E-state index contributed by atoms with van der Waals surface area (Å²) >= 11 is 1.87. The molecular weight excluding hydrogens is 707 g/mol. The van der Waals surface area contributed by atoms with Crippen molar-refractivity contribution in [2.45, 2.75) is 19.3 Å². The van der Waals surface area contributed by atoms with Crippen LogP contribution in [0.1, 0.15) is 25.0 Å². The summed E-state index contributed by atoms with van der Waals surface area (Å²) in [5, 5.41) is 5.11. The lowest BCUT2D eigenvalue weighted by molar-refractivity contribution is 0.660. The van der Waals surface area contributed by atoms with Crippen molar-refractivity contribution >= 4 is 59.3 Å². The molecule has 0 radical (unpaired) electrons. The Bertz CT molecular complexity index is 3140. The van der Waals surface area contributed by atoms with Crippen molar-refractivity contribution in [1.29, 1.82) is 0 Å². The van der Waals surface area contributed by atoms with E-state index in [0.717, 1.165) is 17.1 Å². The maximum absolute atomic E-state index is 2.45. The Morgan fingerprint density at radius 2 is 0.930 bits per heavy atom. The fourth-order valence-electron chi connectivity index (χ4n) is 9.20.